The Kier molecular flexibility index (Phi) is 6.33. The molecule has 34 heavy (non-hydrogen) atoms. The number of alkyl halides is 3. The average molecular weight is 481 g/mol. The monoisotopic (exact) mass is 481 g/mol. The minimum atomic E-state index is -5.11. The van der Waals surface area contributed by atoms with E-state index >= 15 is 0 Å². The average Bonchev–Trinajstić information content (AvgIpc) is 2.73. The summed E-state index contributed by atoms with van der Waals surface area (Å²) in [5.41, 5.74) is -0.677. The van der Waals surface area contributed by atoms with Crippen LogP contribution in [0.5, 0.6) is 5.75 Å². The van der Waals surface area contributed by atoms with E-state index in [1.54, 1.807) is 0 Å². The van der Waals surface area contributed by atoms with Crippen molar-refractivity contribution >= 4 is 5.91 Å². The van der Waals surface area contributed by atoms with Crippen LogP contribution in [-0.2, 0) is 4.74 Å². The van der Waals surface area contributed by atoms with Crippen molar-refractivity contribution < 1.29 is 36.2 Å². The molecular formula is C22H16F5N3O4. The number of carbonyl (C=O) groups excluding carboxylic acids is 1. The van der Waals surface area contributed by atoms with Gasteiger partial charge in [-0.05, 0) is 35.9 Å². The van der Waals surface area contributed by atoms with Gasteiger partial charge in [0.2, 0.25) is 0 Å². The number of halogens is 5. The van der Waals surface area contributed by atoms with Gasteiger partial charge in [0.15, 0.2) is 11.6 Å². The van der Waals surface area contributed by atoms with Crippen LogP contribution in [0.2, 0.25) is 0 Å². The number of pyridine rings is 2. The van der Waals surface area contributed by atoms with Crippen molar-refractivity contribution in [3.63, 3.8) is 0 Å². The predicted octanol–water partition coefficient (Wildman–Crippen LogP) is 3.51. The molecule has 0 bridgehead atoms. The summed E-state index contributed by atoms with van der Waals surface area (Å²) >= 11 is 0. The molecule has 1 aliphatic heterocycles. The van der Waals surface area contributed by atoms with Crippen LogP contribution in [0.25, 0.3) is 0 Å². The van der Waals surface area contributed by atoms with Crippen LogP contribution in [0.4, 0.5) is 22.0 Å². The van der Waals surface area contributed by atoms with Crippen molar-refractivity contribution in [2.45, 2.75) is 18.4 Å². The Morgan fingerprint density at radius 3 is 2.53 bits per heavy atom. The van der Waals surface area contributed by atoms with Gasteiger partial charge in [-0.1, -0.05) is 6.07 Å². The van der Waals surface area contributed by atoms with E-state index < -0.39 is 35.7 Å². The van der Waals surface area contributed by atoms with E-state index in [4.69, 9.17) is 4.74 Å². The zero-order valence-electron chi connectivity index (χ0n) is 17.2. The fourth-order valence-corrected chi connectivity index (χ4v) is 3.35. The molecule has 1 aromatic carbocycles. The Labute approximate surface area is 188 Å². The largest absolute Gasteiger partial charge is 0.573 e. The van der Waals surface area contributed by atoms with Crippen LogP contribution < -0.4 is 15.6 Å². The summed E-state index contributed by atoms with van der Waals surface area (Å²) in [6.07, 6.45) is -2.55. The Morgan fingerprint density at radius 2 is 1.91 bits per heavy atom. The van der Waals surface area contributed by atoms with Crippen molar-refractivity contribution in [3.8, 4) is 5.75 Å². The summed E-state index contributed by atoms with van der Waals surface area (Å²) in [4.78, 5) is 29.0. The summed E-state index contributed by atoms with van der Waals surface area (Å²) in [7, 11) is 0. The number of rotatable bonds is 6. The maximum atomic E-state index is 14.5. The lowest BCUT2D eigenvalue weighted by Gasteiger charge is -2.28. The molecule has 1 atom stereocenters. The van der Waals surface area contributed by atoms with Gasteiger partial charge in [-0.3, -0.25) is 14.6 Å². The van der Waals surface area contributed by atoms with Gasteiger partial charge in [0, 0.05) is 18.5 Å². The standard InChI is InChI=1S/C22H16F5N3O4/c23-15-2-1-7-28-20(15)19(12-3-5-17(16(24)8-12)34-22(25,26)27)29-21(32)13-4-6-18(31)30(9-13)14-10-33-11-14/h1-9,14,19H,10-11H2,(H,29,32). The lowest BCUT2D eigenvalue weighted by molar-refractivity contribution is -0.275. The fourth-order valence-electron chi connectivity index (χ4n) is 3.35. The third kappa shape index (κ3) is 5.06. The molecule has 1 fully saturated rings. The lowest BCUT2D eigenvalue weighted by atomic mass is 10.0. The number of nitrogens with one attached hydrogen (secondary N) is 1. The smallest absolute Gasteiger partial charge is 0.403 e. The van der Waals surface area contributed by atoms with Crippen molar-refractivity contribution in [1.82, 2.24) is 14.9 Å². The second-order valence-electron chi connectivity index (χ2n) is 7.37. The number of amides is 1. The van der Waals surface area contributed by atoms with Crippen LogP contribution >= 0.6 is 0 Å². The molecule has 1 amide bonds. The molecule has 0 saturated carbocycles. The summed E-state index contributed by atoms with van der Waals surface area (Å²) < 4.78 is 76.3. The van der Waals surface area contributed by atoms with Gasteiger partial charge in [-0.25, -0.2) is 8.78 Å². The zero-order valence-corrected chi connectivity index (χ0v) is 17.2. The quantitative estimate of drug-likeness (QED) is 0.545. The molecule has 0 radical (unpaired) electrons. The lowest BCUT2D eigenvalue weighted by Crippen LogP contribution is -2.38. The minimum absolute atomic E-state index is 0.0466. The first-order valence-electron chi connectivity index (χ1n) is 9.89. The summed E-state index contributed by atoms with van der Waals surface area (Å²) in [5, 5.41) is 2.51. The number of hydrogen-bond donors (Lipinski definition) is 1. The zero-order chi connectivity index (χ0) is 24.5. The highest BCUT2D eigenvalue weighted by molar-refractivity contribution is 5.94. The molecule has 1 saturated heterocycles. The van der Waals surface area contributed by atoms with Crippen molar-refractivity contribution in [1.29, 1.82) is 0 Å². The molecule has 1 aliphatic rings. The van der Waals surface area contributed by atoms with Gasteiger partial charge < -0.3 is 19.4 Å². The van der Waals surface area contributed by atoms with Crippen molar-refractivity contribution in [2.75, 3.05) is 13.2 Å². The van der Waals surface area contributed by atoms with Crippen LogP contribution in [0.3, 0.4) is 0 Å². The molecule has 178 valence electrons. The first-order chi connectivity index (χ1) is 16.1. The number of aromatic nitrogens is 2. The number of nitrogens with zero attached hydrogens (tertiary/aromatic N) is 2. The molecule has 3 aromatic rings. The number of ether oxygens (including phenoxy) is 2. The van der Waals surface area contributed by atoms with E-state index in [2.05, 4.69) is 15.0 Å². The molecular weight excluding hydrogens is 465 g/mol. The fraction of sp³-hybridized carbons (Fsp3) is 0.227. The maximum Gasteiger partial charge on any atom is 0.573 e. The number of carbonyl (C=O) groups is 1. The van der Waals surface area contributed by atoms with Gasteiger partial charge in [-0.15, -0.1) is 13.2 Å². The Morgan fingerprint density at radius 1 is 1.15 bits per heavy atom. The molecule has 2 aromatic heterocycles. The summed E-state index contributed by atoms with van der Waals surface area (Å²) in [5.74, 6) is -4.04. The molecule has 0 spiro atoms. The highest BCUT2D eigenvalue weighted by atomic mass is 19.4. The van der Waals surface area contributed by atoms with Gasteiger partial charge in [0.25, 0.3) is 11.5 Å². The molecule has 3 heterocycles. The minimum Gasteiger partial charge on any atom is -0.403 e. The van der Waals surface area contributed by atoms with Gasteiger partial charge in [-0.2, -0.15) is 0 Å². The van der Waals surface area contributed by atoms with Gasteiger partial charge >= 0.3 is 6.36 Å². The topological polar surface area (TPSA) is 82.5 Å². The van der Waals surface area contributed by atoms with Crippen LogP contribution in [-0.4, -0.2) is 35.0 Å². The molecule has 1 N–H and O–H groups in total. The van der Waals surface area contributed by atoms with E-state index in [0.29, 0.717) is 19.3 Å². The predicted molar refractivity (Wildman–Crippen MR) is 107 cm³/mol. The van der Waals surface area contributed by atoms with E-state index in [1.165, 1.54) is 35.2 Å². The molecule has 7 nitrogen and oxygen atoms in total. The van der Waals surface area contributed by atoms with E-state index in [0.717, 1.165) is 18.2 Å². The SMILES string of the molecule is O=C(NC(c1ccc(OC(F)(F)F)c(F)c1)c1ncccc1F)c1ccc(=O)n(C2COC2)c1. The summed E-state index contributed by atoms with van der Waals surface area (Å²) in [6, 6.07) is 5.67. The van der Waals surface area contributed by atoms with Crippen molar-refractivity contribution in [2.24, 2.45) is 0 Å². The Hall–Kier alpha value is -3.80. The van der Waals surface area contributed by atoms with E-state index in [1.807, 2.05) is 0 Å². The van der Waals surface area contributed by atoms with Crippen LogP contribution in [0.15, 0.2) is 59.7 Å². The Bertz CT molecular complexity index is 1270. The highest BCUT2D eigenvalue weighted by Crippen LogP contribution is 2.30. The first-order valence-corrected chi connectivity index (χ1v) is 9.89. The number of benzene rings is 1. The molecule has 12 heteroatoms. The third-order valence-corrected chi connectivity index (χ3v) is 5.06. The maximum absolute atomic E-state index is 14.5. The van der Waals surface area contributed by atoms with Gasteiger partial charge in [0.05, 0.1) is 30.9 Å². The highest BCUT2D eigenvalue weighted by Gasteiger charge is 2.33. The van der Waals surface area contributed by atoms with Crippen LogP contribution in [0, 0.1) is 11.6 Å². The molecule has 0 aliphatic carbocycles. The molecule has 1 unspecified atom stereocenters. The van der Waals surface area contributed by atoms with Gasteiger partial charge in [0.1, 0.15) is 11.5 Å². The summed E-state index contributed by atoms with van der Waals surface area (Å²) in [6.45, 7) is 0.608. The second kappa shape index (κ2) is 9.21. The van der Waals surface area contributed by atoms with E-state index in [-0.39, 0.29) is 28.4 Å². The van der Waals surface area contributed by atoms with Crippen molar-refractivity contribution in [3.05, 3.63) is 93.7 Å². The first kappa shape index (κ1) is 23.4. The Balaban J connectivity index is 1.68. The van der Waals surface area contributed by atoms with Crippen LogP contribution in [0.1, 0.15) is 33.7 Å². The number of hydrogen-bond acceptors (Lipinski definition) is 5. The molecule has 4 rings (SSSR count). The normalized spacial score (nSPS) is 14.9. The van der Waals surface area contributed by atoms with E-state index in [9.17, 15) is 31.5 Å². The third-order valence-electron chi connectivity index (χ3n) is 5.06. The second-order valence-corrected chi connectivity index (χ2v) is 7.37.